The van der Waals surface area contributed by atoms with Crippen LogP contribution in [0.4, 0.5) is 0 Å². The van der Waals surface area contributed by atoms with E-state index >= 15 is 0 Å². The van der Waals surface area contributed by atoms with E-state index in [1.54, 1.807) is 12.5 Å². The fourth-order valence-electron chi connectivity index (χ4n) is 0.932. The van der Waals surface area contributed by atoms with Crippen molar-refractivity contribution in [3.63, 3.8) is 0 Å². The Balaban J connectivity index is 2.34. The smallest absolute Gasteiger partial charge is 0.0922 e. The summed E-state index contributed by atoms with van der Waals surface area (Å²) in [7, 11) is 0. The minimum Gasteiger partial charge on any atom is -0.347 e. The Labute approximate surface area is 53.3 Å². The van der Waals surface area contributed by atoms with E-state index in [0.717, 1.165) is 18.5 Å². The zero-order valence-corrected chi connectivity index (χ0v) is 5.09. The van der Waals surface area contributed by atoms with Crippen molar-refractivity contribution in [3.8, 4) is 0 Å². The summed E-state index contributed by atoms with van der Waals surface area (Å²) in [5.41, 5.74) is 6.87. The van der Waals surface area contributed by atoms with E-state index in [-0.39, 0.29) is 5.54 Å². The quantitative estimate of drug-likeness (QED) is 0.566. The monoisotopic (exact) mass is 123 g/mol. The fraction of sp³-hybridized carbons (Fsp3) is 0.500. The predicted molar refractivity (Wildman–Crippen MR) is 33.7 cm³/mol. The molecule has 1 aliphatic rings. The van der Waals surface area contributed by atoms with Crippen LogP contribution in [0.3, 0.4) is 0 Å². The minimum absolute atomic E-state index is 0.0451. The third kappa shape index (κ3) is 0.650. The zero-order chi connectivity index (χ0) is 6.32. The van der Waals surface area contributed by atoms with Crippen molar-refractivity contribution in [1.29, 1.82) is 0 Å². The molecule has 1 aromatic heterocycles. The van der Waals surface area contributed by atoms with Crippen LogP contribution < -0.4 is 5.73 Å². The van der Waals surface area contributed by atoms with Crippen LogP contribution in [0.1, 0.15) is 18.5 Å². The van der Waals surface area contributed by atoms with Gasteiger partial charge in [-0.15, -0.1) is 0 Å². The first-order chi connectivity index (χ1) is 4.31. The van der Waals surface area contributed by atoms with Crippen molar-refractivity contribution < 1.29 is 0 Å². The number of nitrogens with two attached hydrogens (primary N) is 1. The van der Waals surface area contributed by atoms with E-state index in [9.17, 15) is 0 Å². The lowest BCUT2D eigenvalue weighted by molar-refractivity contribution is 0.714. The highest BCUT2D eigenvalue weighted by Gasteiger charge is 2.41. The van der Waals surface area contributed by atoms with Crippen LogP contribution in [0.2, 0.25) is 0 Å². The second-order valence-corrected chi connectivity index (χ2v) is 2.62. The van der Waals surface area contributed by atoms with Gasteiger partial charge in [0, 0.05) is 6.20 Å². The summed E-state index contributed by atoms with van der Waals surface area (Å²) in [4.78, 5) is 6.90. The molecule has 0 saturated heterocycles. The third-order valence-corrected chi connectivity index (χ3v) is 1.82. The molecule has 0 atom stereocenters. The highest BCUT2D eigenvalue weighted by Crippen LogP contribution is 2.41. The highest BCUT2D eigenvalue weighted by atomic mass is 15.0. The van der Waals surface area contributed by atoms with E-state index in [0.29, 0.717) is 0 Å². The van der Waals surface area contributed by atoms with Crippen LogP contribution in [-0.4, -0.2) is 9.97 Å². The van der Waals surface area contributed by atoms with Crippen molar-refractivity contribution in [3.05, 3.63) is 18.2 Å². The van der Waals surface area contributed by atoms with E-state index in [2.05, 4.69) is 9.97 Å². The van der Waals surface area contributed by atoms with Crippen molar-refractivity contribution in [2.75, 3.05) is 0 Å². The first-order valence-electron chi connectivity index (χ1n) is 3.09. The van der Waals surface area contributed by atoms with Crippen molar-refractivity contribution in [2.24, 2.45) is 5.73 Å². The molecule has 0 aromatic carbocycles. The summed E-state index contributed by atoms with van der Waals surface area (Å²) < 4.78 is 0. The van der Waals surface area contributed by atoms with Crippen LogP contribution in [0.5, 0.6) is 0 Å². The van der Waals surface area contributed by atoms with Gasteiger partial charge in [-0.1, -0.05) is 0 Å². The summed E-state index contributed by atoms with van der Waals surface area (Å²) in [6.45, 7) is 0. The topological polar surface area (TPSA) is 54.7 Å². The van der Waals surface area contributed by atoms with Gasteiger partial charge in [0.05, 0.1) is 17.6 Å². The van der Waals surface area contributed by atoms with Crippen LogP contribution in [0, 0.1) is 0 Å². The Bertz CT molecular complexity index is 198. The fourth-order valence-corrected chi connectivity index (χ4v) is 0.932. The Kier molecular flexibility index (Phi) is 0.754. The third-order valence-electron chi connectivity index (χ3n) is 1.82. The molecule has 9 heavy (non-hydrogen) atoms. The van der Waals surface area contributed by atoms with Crippen LogP contribution in [0.15, 0.2) is 12.5 Å². The largest absolute Gasteiger partial charge is 0.347 e. The van der Waals surface area contributed by atoms with Gasteiger partial charge in [-0.05, 0) is 12.8 Å². The molecule has 1 aliphatic carbocycles. The van der Waals surface area contributed by atoms with Gasteiger partial charge >= 0.3 is 0 Å². The number of H-pyrrole nitrogens is 1. The molecular weight excluding hydrogens is 114 g/mol. The maximum atomic E-state index is 5.84. The number of imidazole rings is 1. The van der Waals surface area contributed by atoms with E-state index in [1.165, 1.54) is 0 Å². The van der Waals surface area contributed by atoms with E-state index in [4.69, 9.17) is 5.73 Å². The van der Waals surface area contributed by atoms with Crippen LogP contribution in [0.25, 0.3) is 0 Å². The number of hydrogen-bond donors (Lipinski definition) is 2. The summed E-state index contributed by atoms with van der Waals surface area (Å²) in [5, 5.41) is 0. The Hall–Kier alpha value is -0.830. The van der Waals surface area contributed by atoms with Gasteiger partial charge < -0.3 is 10.7 Å². The Morgan fingerprint density at radius 1 is 1.67 bits per heavy atom. The number of rotatable bonds is 1. The molecule has 48 valence electrons. The number of aromatic amines is 1. The summed E-state index contributed by atoms with van der Waals surface area (Å²) in [6.07, 6.45) is 5.65. The van der Waals surface area contributed by atoms with Crippen molar-refractivity contribution in [2.45, 2.75) is 18.4 Å². The molecule has 0 unspecified atom stereocenters. The molecule has 0 radical (unpaired) electrons. The van der Waals surface area contributed by atoms with E-state index in [1.807, 2.05) is 0 Å². The number of nitrogens with zero attached hydrogens (tertiary/aromatic N) is 1. The lowest BCUT2D eigenvalue weighted by Crippen LogP contribution is -2.18. The van der Waals surface area contributed by atoms with Gasteiger partial charge in [-0.25, -0.2) is 4.98 Å². The average molecular weight is 123 g/mol. The van der Waals surface area contributed by atoms with E-state index < -0.39 is 0 Å². The first kappa shape index (κ1) is 4.99. The first-order valence-corrected chi connectivity index (χ1v) is 3.09. The molecule has 1 aromatic rings. The second-order valence-electron chi connectivity index (χ2n) is 2.62. The van der Waals surface area contributed by atoms with Crippen LogP contribution >= 0.6 is 0 Å². The number of aromatic nitrogens is 2. The molecule has 1 saturated carbocycles. The molecule has 1 fully saturated rings. The van der Waals surface area contributed by atoms with Crippen molar-refractivity contribution >= 4 is 0 Å². The van der Waals surface area contributed by atoms with Gasteiger partial charge in [0.15, 0.2) is 0 Å². The molecule has 3 heteroatoms. The standard InChI is InChI=1S/C6H9N3/c7-6(1-2-6)5-3-8-4-9-5/h3-4H,1-2,7H2,(H,8,9). The highest BCUT2D eigenvalue weighted by molar-refractivity contribution is 5.18. The van der Waals surface area contributed by atoms with Gasteiger partial charge in [0.2, 0.25) is 0 Å². The van der Waals surface area contributed by atoms with Gasteiger partial charge in [0.25, 0.3) is 0 Å². The maximum absolute atomic E-state index is 5.84. The van der Waals surface area contributed by atoms with Gasteiger partial charge in [-0.2, -0.15) is 0 Å². The number of nitrogens with one attached hydrogen (secondary N) is 1. The van der Waals surface area contributed by atoms with Crippen molar-refractivity contribution in [1.82, 2.24) is 9.97 Å². The minimum atomic E-state index is -0.0451. The molecule has 3 nitrogen and oxygen atoms in total. The van der Waals surface area contributed by atoms with Crippen LogP contribution in [-0.2, 0) is 5.54 Å². The summed E-state index contributed by atoms with van der Waals surface area (Å²) in [6, 6.07) is 0. The second kappa shape index (κ2) is 1.36. The maximum Gasteiger partial charge on any atom is 0.0922 e. The molecule has 2 rings (SSSR count). The lowest BCUT2D eigenvalue weighted by atomic mass is 10.2. The normalized spacial score (nSPS) is 21.9. The molecule has 0 spiro atoms. The molecule has 0 aliphatic heterocycles. The van der Waals surface area contributed by atoms with Gasteiger partial charge in [0.1, 0.15) is 0 Å². The summed E-state index contributed by atoms with van der Waals surface area (Å²) in [5.74, 6) is 0. The average Bonchev–Trinajstić information content (AvgIpc) is 2.46. The predicted octanol–water partition coefficient (Wildman–Crippen LogP) is 0.357. The molecule has 3 N–H and O–H groups in total. The van der Waals surface area contributed by atoms with Gasteiger partial charge in [-0.3, -0.25) is 0 Å². The molecule has 0 amide bonds. The molecule has 1 heterocycles. The molecular formula is C6H9N3. The lowest BCUT2D eigenvalue weighted by Gasteiger charge is -2.01. The number of hydrogen-bond acceptors (Lipinski definition) is 2. The Morgan fingerprint density at radius 3 is 2.89 bits per heavy atom. The molecule has 0 bridgehead atoms. The SMILES string of the molecule is NC1(c2cnc[nH]2)CC1. The zero-order valence-electron chi connectivity index (χ0n) is 5.09. The Morgan fingerprint density at radius 2 is 2.44 bits per heavy atom. The summed E-state index contributed by atoms with van der Waals surface area (Å²) >= 11 is 0.